The van der Waals surface area contributed by atoms with E-state index in [-0.39, 0.29) is 10.1 Å². The van der Waals surface area contributed by atoms with Crippen LogP contribution in [-0.4, -0.2) is 62.6 Å². The zero-order valence-corrected chi connectivity index (χ0v) is 19.5. The summed E-state index contributed by atoms with van der Waals surface area (Å²) in [6, 6.07) is 2.72. The third-order valence-corrected chi connectivity index (χ3v) is 7.00. The first-order valence-electron chi connectivity index (χ1n) is 10.9. The van der Waals surface area contributed by atoms with Gasteiger partial charge in [-0.25, -0.2) is 15.4 Å². The van der Waals surface area contributed by atoms with Crippen molar-refractivity contribution in [3.8, 4) is 0 Å². The number of hydrazine groups is 1. The number of anilines is 1. The van der Waals surface area contributed by atoms with E-state index in [2.05, 4.69) is 81.0 Å². The van der Waals surface area contributed by atoms with Crippen molar-refractivity contribution in [2.45, 2.75) is 35.4 Å². The fraction of sp³-hybridized carbons (Fsp3) is 0.524. The minimum atomic E-state index is 0.151. The second kappa shape index (κ2) is 9.72. The van der Waals surface area contributed by atoms with E-state index >= 15 is 0 Å². The molecule has 2 aromatic heterocycles. The van der Waals surface area contributed by atoms with E-state index in [0.29, 0.717) is 12.0 Å². The van der Waals surface area contributed by atoms with Crippen molar-refractivity contribution in [3.05, 3.63) is 42.1 Å². The Morgan fingerprint density at radius 3 is 3.06 bits per heavy atom. The molecule has 4 N–H and O–H groups in total. The molecule has 31 heavy (non-hydrogen) atoms. The van der Waals surface area contributed by atoms with E-state index in [9.17, 15) is 0 Å². The first-order chi connectivity index (χ1) is 15.3. The molecule has 4 atom stereocenters. The molecular weight excluding hydrogens is 505 g/mol. The summed E-state index contributed by atoms with van der Waals surface area (Å²) in [6.45, 7) is 3.63. The summed E-state index contributed by atoms with van der Waals surface area (Å²) in [5.41, 5.74) is 10.6. The summed E-state index contributed by atoms with van der Waals surface area (Å²) in [5, 5.41) is 10.5. The van der Waals surface area contributed by atoms with Gasteiger partial charge < -0.3 is 10.2 Å². The van der Waals surface area contributed by atoms with E-state index in [1.54, 1.807) is 6.33 Å². The normalized spacial score (nSPS) is 30.5. The molecule has 0 amide bonds. The van der Waals surface area contributed by atoms with Crippen LogP contribution >= 0.6 is 22.6 Å². The third-order valence-electron chi connectivity index (χ3n) is 6.28. The SMILES string of the molecule is IC1CN(c2cc([C@@H]3NN[C@@H]4CC=C(c5cn[nH]c5)C[C@@H]43)ncn2)CCCNC/C=N\1. The van der Waals surface area contributed by atoms with Gasteiger partial charge in [0.25, 0.3) is 0 Å². The van der Waals surface area contributed by atoms with Crippen LogP contribution in [0.15, 0.2) is 35.9 Å². The number of aliphatic imine (C=N–C) groups is 1. The third kappa shape index (κ3) is 4.81. The predicted octanol–water partition coefficient (Wildman–Crippen LogP) is 1.84. The molecule has 164 valence electrons. The summed E-state index contributed by atoms with van der Waals surface area (Å²) < 4.78 is 0.201. The van der Waals surface area contributed by atoms with Gasteiger partial charge in [0.1, 0.15) is 16.2 Å². The number of rotatable bonds is 3. The number of nitrogens with one attached hydrogen (secondary N) is 4. The number of alkyl halides is 1. The summed E-state index contributed by atoms with van der Waals surface area (Å²) in [6.07, 6.45) is 13.0. The average molecular weight is 533 g/mol. The van der Waals surface area contributed by atoms with Crippen molar-refractivity contribution in [2.24, 2.45) is 10.9 Å². The van der Waals surface area contributed by atoms with Gasteiger partial charge in [-0.1, -0.05) is 28.7 Å². The topological polar surface area (TPSA) is 106 Å². The van der Waals surface area contributed by atoms with E-state index in [4.69, 9.17) is 0 Å². The molecule has 1 saturated heterocycles. The maximum Gasteiger partial charge on any atom is 0.132 e. The molecule has 1 fully saturated rings. The van der Waals surface area contributed by atoms with Gasteiger partial charge in [-0.2, -0.15) is 5.10 Å². The van der Waals surface area contributed by atoms with Crippen molar-refractivity contribution >= 4 is 40.2 Å². The van der Waals surface area contributed by atoms with Gasteiger partial charge in [0, 0.05) is 49.1 Å². The highest BCUT2D eigenvalue weighted by Crippen LogP contribution is 2.40. The molecule has 0 aromatic carbocycles. The van der Waals surface area contributed by atoms with Gasteiger partial charge in [0.15, 0.2) is 0 Å². The van der Waals surface area contributed by atoms with Crippen LogP contribution in [0.2, 0.25) is 0 Å². The number of fused-ring (bicyclic) bond motifs is 1. The Morgan fingerprint density at radius 2 is 2.16 bits per heavy atom. The van der Waals surface area contributed by atoms with Crippen LogP contribution in [0.1, 0.15) is 36.6 Å². The monoisotopic (exact) mass is 533 g/mol. The van der Waals surface area contributed by atoms with Gasteiger partial charge >= 0.3 is 0 Å². The van der Waals surface area contributed by atoms with E-state index in [1.807, 2.05) is 18.6 Å². The van der Waals surface area contributed by atoms with Crippen molar-refractivity contribution in [2.75, 3.05) is 31.1 Å². The van der Waals surface area contributed by atoms with Crippen LogP contribution in [0.3, 0.4) is 0 Å². The molecule has 9 nitrogen and oxygen atoms in total. The van der Waals surface area contributed by atoms with Crippen LogP contribution in [0, 0.1) is 5.92 Å². The van der Waals surface area contributed by atoms with Crippen LogP contribution in [0.25, 0.3) is 5.57 Å². The second-order valence-corrected chi connectivity index (χ2v) is 9.70. The van der Waals surface area contributed by atoms with Gasteiger partial charge in [0.05, 0.1) is 24.5 Å². The summed E-state index contributed by atoms with van der Waals surface area (Å²) in [4.78, 5) is 16.3. The Bertz CT molecular complexity index is 929. The van der Waals surface area contributed by atoms with Gasteiger partial charge in [-0.3, -0.25) is 15.5 Å². The number of aromatic nitrogens is 4. The fourth-order valence-corrected chi connectivity index (χ4v) is 5.36. The molecule has 3 aliphatic rings. The van der Waals surface area contributed by atoms with Crippen LogP contribution in [-0.2, 0) is 0 Å². The number of hydrogen-bond acceptors (Lipinski definition) is 8. The summed E-state index contributed by atoms with van der Waals surface area (Å²) >= 11 is 2.40. The molecular formula is C21H28IN9. The molecule has 0 saturated carbocycles. The van der Waals surface area contributed by atoms with Crippen molar-refractivity contribution in [3.63, 3.8) is 0 Å². The molecule has 0 radical (unpaired) electrons. The molecule has 2 aliphatic heterocycles. The molecule has 1 unspecified atom stereocenters. The van der Waals surface area contributed by atoms with Crippen molar-refractivity contribution in [1.82, 2.24) is 36.3 Å². The molecule has 10 heteroatoms. The lowest BCUT2D eigenvalue weighted by molar-refractivity contribution is 0.409. The maximum absolute atomic E-state index is 4.67. The zero-order valence-electron chi connectivity index (χ0n) is 17.3. The van der Waals surface area contributed by atoms with Crippen molar-refractivity contribution in [1.29, 1.82) is 0 Å². The maximum atomic E-state index is 4.67. The standard InChI is InChI=1S/C21H28IN9/c22-19-12-31(7-1-4-23-5-6-24-19)20-9-18(25-13-26-20)21-16-8-14(15-10-27-28-11-15)2-3-17(16)29-30-21/h2,6,9-11,13,16-17,19,21,23,29-30H,1,3-5,7-8,12H2,(H,27,28)/b24-6-/t16-,17+,19?,21+/m0/s1. The average Bonchev–Trinajstić information content (AvgIpc) is 3.48. The Morgan fingerprint density at radius 1 is 1.19 bits per heavy atom. The minimum Gasteiger partial charge on any atom is -0.354 e. The lowest BCUT2D eigenvalue weighted by Crippen LogP contribution is -2.34. The Labute approximate surface area is 195 Å². The highest BCUT2D eigenvalue weighted by molar-refractivity contribution is 14.1. The van der Waals surface area contributed by atoms with Crippen LogP contribution in [0.4, 0.5) is 5.82 Å². The highest BCUT2D eigenvalue weighted by Gasteiger charge is 2.39. The molecule has 0 spiro atoms. The number of halogens is 1. The number of H-pyrrole nitrogens is 1. The summed E-state index contributed by atoms with van der Waals surface area (Å²) in [7, 11) is 0. The molecule has 4 heterocycles. The summed E-state index contributed by atoms with van der Waals surface area (Å²) in [5.74, 6) is 1.41. The zero-order chi connectivity index (χ0) is 21.0. The van der Waals surface area contributed by atoms with E-state index < -0.39 is 0 Å². The Hall–Kier alpha value is -1.89. The quantitative estimate of drug-likeness (QED) is 0.271. The number of hydrogen-bond donors (Lipinski definition) is 4. The first kappa shape index (κ1) is 21.0. The van der Waals surface area contributed by atoms with Crippen molar-refractivity contribution < 1.29 is 0 Å². The Balaban J connectivity index is 1.35. The molecule has 0 bridgehead atoms. The lowest BCUT2D eigenvalue weighted by Gasteiger charge is -2.28. The Kier molecular flexibility index (Phi) is 6.58. The molecule has 1 aliphatic carbocycles. The highest BCUT2D eigenvalue weighted by atomic mass is 127. The first-order valence-corrected chi connectivity index (χ1v) is 12.1. The van der Waals surface area contributed by atoms with Gasteiger partial charge in [-0.05, 0) is 31.4 Å². The molecule has 5 rings (SSSR count). The predicted molar refractivity (Wildman–Crippen MR) is 130 cm³/mol. The smallest absolute Gasteiger partial charge is 0.132 e. The van der Waals surface area contributed by atoms with Crippen LogP contribution in [0.5, 0.6) is 0 Å². The number of allylic oxidation sites excluding steroid dienone is 1. The van der Waals surface area contributed by atoms with E-state index in [0.717, 1.165) is 57.0 Å². The number of nitrogens with zero attached hydrogens (tertiary/aromatic N) is 5. The molecule has 2 aromatic rings. The lowest BCUT2D eigenvalue weighted by atomic mass is 9.79. The fourth-order valence-electron chi connectivity index (χ4n) is 4.66. The van der Waals surface area contributed by atoms with Crippen LogP contribution < -0.4 is 21.1 Å². The van der Waals surface area contributed by atoms with Gasteiger partial charge in [0.2, 0.25) is 0 Å². The second-order valence-electron chi connectivity index (χ2n) is 8.26. The van der Waals surface area contributed by atoms with E-state index in [1.165, 1.54) is 11.1 Å². The largest absolute Gasteiger partial charge is 0.354 e. The van der Waals surface area contributed by atoms with Gasteiger partial charge in [-0.15, -0.1) is 0 Å². The minimum absolute atomic E-state index is 0.151. The number of aromatic amines is 1.